The molecule has 0 unspecified atom stereocenters. The van der Waals surface area contributed by atoms with Gasteiger partial charge in [0.15, 0.2) is 0 Å². The second kappa shape index (κ2) is 9.61. The Bertz CT molecular complexity index is 718. The first-order chi connectivity index (χ1) is 11.4. The van der Waals surface area contributed by atoms with Crippen LogP contribution in [0.15, 0.2) is 48.5 Å². The molecule has 0 radical (unpaired) electrons. The molecule has 0 spiro atoms. The van der Waals surface area contributed by atoms with Gasteiger partial charge in [0.05, 0.1) is 17.6 Å². The fraction of sp³-hybridized carbons (Fsp3) is 0.316. The smallest absolute Gasteiger partial charge is 0.489 e. The summed E-state index contributed by atoms with van der Waals surface area (Å²) in [6.45, 7) is 8.37. The van der Waals surface area contributed by atoms with Crippen molar-refractivity contribution in [1.82, 2.24) is 5.32 Å². The van der Waals surface area contributed by atoms with E-state index in [-0.39, 0.29) is 24.5 Å². The van der Waals surface area contributed by atoms with Crippen molar-refractivity contribution in [2.75, 3.05) is 0 Å². The minimum Gasteiger partial charge on any atom is -1.00 e. The third kappa shape index (κ3) is 5.60. The monoisotopic (exact) mass is 360 g/mol. The Hall–Kier alpha value is -1.82. The highest BCUT2D eigenvalue weighted by Crippen LogP contribution is 2.22. The molecular weight excluding hydrogens is 334 g/mol. The average Bonchev–Trinajstić information content (AvgIpc) is 2.53. The van der Waals surface area contributed by atoms with E-state index in [2.05, 4.69) is 38.0 Å². The Labute approximate surface area is 156 Å². The van der Waals surface area contributed by atoms with Crippen LogP contribution in [0.4, 0.5) is 0 Å². The van der Waals surface area contributed by atoms with Crippen molar-refractivity contribution in [3.05, 3.63) is 54.1 Å². The van der Waals surface area contributed by atoms with Crippen LogP contribution >= 0.6 is 0 Å². The predicted molar refractivity (Wildman–Crippen MR) is 100 cm³/mol. The van der Waals surface area contributed by atoms with Crippen molar-refractivity contribution in [3.8, 4) is 11.1 Å². The van der Waals surface area contributed by atoms with Crippen molar-refractivity contribution < 1.29 is 27.4 Å². The summed E-state index contributed by atoms with van der Waals surface area (Å²) in [5.74, 6) is 0.942. The van der Waals surface area contributed by atoms with E-state index in [0.717, 1.165) is 22.5 Å². The highest BCUT2D eigenvalue weighted by molar-refractivity contribution is 6.60. The number of nitrogens with one attached hydrogen (secondary N) is 2. The molecule has 0 aliphatic heterocycles. The van der Waals surface area contributed by atoms with E-state index in [1.807, 2.05) is 42.5 Å². The van der Waals surface area contributed by atoms with Crippen molar-refractivity contribution in [3.63, 3.8) is 0 Å². The van der Waals surface area contributed by atoms with Gasteiger partial charge in [-0.15, -0.1) is 0 Å². The summed E-state index contributed by atoms with van der Waals surface area (Å²) in [6.07, 6.45) is 0. The quantitative estimate of drug-likeness (QED) is 0.266. The van der Waals surface area contributed by atoms with Crippen LogP contribution in [-0.2, 0) is 0 Å². The lowest BCUT2D eigenvalue weighted by Crippen LogP contribution is -3.00. The lowest BCUT2D eigenvalue weighted by molar-refractivity contribution is -0.495. The molecule has 4 N–H and O–H groups in total. The zero-order valence-corrected chi connectivity index (χ0v) is 15.9. The van der Waals surface area contributed by atoms with Crippen LogP contribution in [0, 0.1) is 0 Å². The van der Waals surface area contributed by atoms with Crippen molar-refractivity contribution in [2.45, 2.75) is 39.8 Å². The topological polar surface area (TPSA) is 66.5 Å². The zero-order valence-electron chi connectivity index (χ0n) is 15.1. The maximum absolute atomic E-state index is 9.70. The molecule has 0 amide bonds. The molecule has 0 saturated carbocycles. The fourth-order valence-corrected chi connectivity index (χ4v) is 2.68. The molecule has 0 saturated heterocycles. The van der Waals surface area contributed by atoms with Crippen molar-refractivity contribution in [2.24, 2.45) is 0 Å². The Kier molecular flexibility index (Phi) is 8.16. The molecule has 6 heteroatoms. The minimum atomic E-state index is -1.51. The molecule has 0 aliphatic carbocycles. The van der Waals surface area contributed by atoms with Gasteiger partial charge in [-0.1, -0.05) is 42.5 Å². The van der Waals surface area contributed by atoms with Gasteiger partial charge in [-0.3, -0.25) is 10.3 Å². The molecule has 2 aromatic carbocycles. The van der Waals surface area contributed by atoms with Gasteiger partial charge >= 0.3 is 7.12 Å². The van der Waals surface area contributed by atoms with Gasteiger partial charge in [-0.05, 0) is 50.4 Å². The molecule has 134 valence electrons. The fourth-order valence-electron chi connectivity index (χ4n) is 2.68. The van der Waals surface area contributed by atoms with Crippen LogP contribution in [0.1, 0.15) is 33.3 Å². The summed E-state index contributed by atoms with van der Waals surface area (Å²) in [4.78, 5) is 3.47. The molecule has 2 aromatic rings. The largest absolute Gasteiger partial charge is 1.00 e. The second-order valence-electron chi connectivity index (χ2n) is 6.48. The highest BCUT2D eigenvalue weighted by Gasteiger charge is 2.22. The van der Waals surface area contributed by atoms with Crippen LogP contribution in [0.2, 0.25) is 0 Å². The molecule has 25 heavy (non-hydrogen) atoms. The van der Waals surface area contributed by atoms with Gasteiger partial charge in [-0.25, -0.2) is 0 Å². The summed E-state index contributed by atoms with van der Waals surface area (Å²) >= 11 is 0. The molecule has 4 nitrogen and oxygen atoms in total. The Balaban J connectivity index is 0.00000312. The van der Waals surface area contributed by atoms with Gasteiger partial charge in [-0.2, -0.15) is 0 Å². The molecule has 0 heterocycles. The summed E-state index contributed by atoms with van der Waals surface area (Å²) in [6, 6.07) is 15.9. The molecule has 0 aliphatic rings. The highest BCUT2D eigenvalue weighted by atomic mass is 35.5. The standard InChI is InChI=1S/C19H25BN2O2.ClH/c1-13(2)21-19(22-14(3)4)17-11-6-5-9-15(17)16-10-7-8-12-18(16)20(23)24;/h5-14,23-24H,1-4H3,(H,21,22);1H. The number of amidine groups is 1. The summed E-state index contributed by atoms with van der Waals surface area (Å²) < 4.78 is 0. The maximum atomic E-state index is 9.70. The Morgan fingerprint density at radius 3 is 2.04 bits per heavy atom. The molecule has 0 bridgehead atoms. The molecule has 2 rings (SSSR count). The van der Waals surface area contributed by atoms with E-state index in [4.69, 9.17) is 0 Å². The van der Waals surface area contributed by atoms with Gasteiger partial charge in [0, 0.05) is 0 Å². The second-order valence-corrected chi connectivity index (χ2v) is 6.48. The third-order valence-corrected chi connectivity index (χ3v) is 3.59. The summed E-state index contributed by atoms with van der Waals surface area (Å²) in [5.41, 5.74) is 3.28. The van der Waals surface area contributed by atoms with E-state index < -0.39 is 7.12 Å². The Morgan fingerprint density at radius 1 is 0.920 bits per heavy atom. The van der Waals surface area contributed by atoms with E-state index >= 15 is 0 Å². The van der Waals surface area contributed by atoms with Crippen molar-refractivity contribution in [1.29, 1.82) is 0 Å². The molecule has 0 aromatic heterocycles. The van der Waals surface area contributed by atoms with Gasteiger partial charge < -0.3 is 22.5 Å². The maximum Gasteiger partial charge on any atom is 0.489 e. The van der Waals surface area contributed by atoms with Crippen LogP contribution in [0.25, 0.3) is 11.1 Å². The van der Waals surface area contributed by atoms with Crippen molar-refractivity contribution >= 4 is 18.4 Å². The van der Waals surface area contributed by atoms with Crippen LogP contribution < -0.4 is 28.2 Å². The number of hydrogen-bond donors (Lipinski definition) is 4. The van der Waals surface area contributed by atoms with E-state index in [1.165, 1.54) is 0 Å². The SMILES string of the molecule is CC(C)NC(=[NH+]C(C)C)c1ccccc1-c1ccccc1B(O)O.[Cl-]. The molecule has 0 fully saturated rings. The number of hydrogen-bond acceptors (Lipinski definition) is 2. The van der Waals surface area contributed by atoms with E-state index in [0.29, 0.717) is 5.46 Å². The van der Waals surface area contributed by atoms with E-state index in [1.54, 1.807) is 6.07 Å². The predicted octanol–water partition coefficient (Wildman–Crippen LogP) is -2.73. The van der Waals surface area contributed by atoms with Gasteiger partial charge in [0.25, 0.3) is 5.84 Å². The molecule has 0 atom stereocenters. The molecular formula is C19H26BClN2O2. The summed E-state index contributed by atoms with van der Waals surface area (Å²) in [5, 5.41) is 22.9. The first-order valence-electron chi connectivity index (χ1n) is 8.35. The number of benzene rings is 2. The lowest BCUT2D eigenvalue weighted by Gasteiger charge is -2.15. The zero-order chi connectivity index (χ0) is 17.7. The van der Waals surface area contributed by atoms with Crippen LogP contribution in [-0.4, -0.2) is 35.1 Å². The normalized spacial score (nSPS) is 11.4. The van der Waals surface area contributed by atoms with Crippen LogP contribution in [0.3, 0.4) is 0 Å². The van der Waals surface area contributed by atoms with Gasteiger partial charge in [0.1, 0.15) is 0 Å². The number of halogens is 1. The average molecular weight is 361 g/mol. The Morgan fingerprint density at radius 2 is 1.48 bits per heavy atom. The minimum absolute atomic E-state index is 0. The first-order valence-corrected chi connectivity index (χ1v) is 8.35. The first kappa shape index (κ1) is 21.2. The lowest BCUT2D eigenvalue weighted by atomic mass is 9.75. The van der Waals surface area contributed by atoms with Crippen LogP contribution in [0.5, 0.6) is 0 Å². The summed E-state index contributed by atoms with van der Waals surface area (Å²) in [7, 11) is -1.51. The third-order valence-electron chi connectivity index (χ3n) is 3.59. The van der Waals surface area contributed by atoms with E-state index in [9.17, 15) is 10.0 Å². The number of rotatable bonds is 5. The van der Waals surface area contributed by atoms with Gasteiger partial charge in [0.2, 0.25) is 0 Å².